The largest absolute Gasteiger partial charge is 0.308 e. The standard InChI is InChI=1S/C11H10Cl2N4O2S/c12-8-2-1-3-9(13)11(8)17-20(18,19)7-4-5-10(16-14)15-6-7/h1-6,17H,14H2,(H,15,16). The predicted octanol–water partition coefficient (Wildman–Crippen LogP) is 2.47. The molecule has 0 radical (unpaired) electrons. The summed E-state index contributed by atoms with van der Waals surface area (Å²) in [5.74, 6) is 5.51. The van der Waals surface area contributed by atoms with Gasteiger partial charge in [-0.25, -0.2) is 19.2 Å². The van der Waals surface area contributed by atoms with Crippen LogP contribution in [0, 0.1) is 0 Å². The lowest BCUT2D eigenvalue weighted by molar-refractivity contribution is 0.601. The highest BCUT2D eigenvalue weighted by molar-refractivity contribution is 7.92. The minimum atomic E-state index is -3.83. The van der Waals surface area contributed by atoms with E-state index in [0.717, 1.165) is 0 Å². The number of nitrogens with two attached hydrogens (primary N) is 1. The molecule has 0 saturated heterocycles. The van der Waals surface area contributed by atoms with E-state index in [1.807, 2.05) is 0 Å². The summed E-state index contributed by atoms with van der Waals surface area (Å²) in [7, 11) is -3.83. The lowest BCUT2D eigenvalue weighted by atomic mass is 10.3. The van der Waals surface area contributed by atoms with Crippen LogP contribution in [-0.4, -0.2) is 13.4 Å². The molecule has 106 valence electrons. The molecule has 0 saturated carbocycles. The highest BCUT2D eigenvalue weighted by atomic mass is 35.5. The third-order valence-electron chi connectivity index (χ3n) is 2.39. The predicted molar refractivity (Wildman–Crippen MR) is 79.3 cm³/mol. The summed E-state index contributed by atoms with van der Waals surface area (Å²) in [6.07, 6.45) is 1.17. The summed E-state index contributed by atoms with van der Waals surface area (Å²) in [6, 6.07) is 7.47. The third kappa shape index (κ3) is 3.13. The number of rotatable bonds is 4. The van der Waals surface area contributed by atoms with Crippen molar-refractivity contribution in [3.05, 3.63) is 46.6 Å². The van der Waals surface area contributed by atoms with Gasteiger partial charge >= 0.3 is 0 Å². The first-order valence-electron chi connectivity index (χ1n) is 5.33. The fourth-order valence-electron chi connectivity index (χ4n) is 1.41. The monoisotopic (exact) mass is 332 g/mol. The van der Waals surface area contributed by atoms with Gasteiger partial charge in [0.25, 0.3) is 10.0 Å². The molecular weight excluding hydrogens is 323 g/mol. The zero-order valence-corrected chi connectivity index (χ0v) is 12.3. The van der Waals surface area contributed by atoms with E-state index in [9.17, 15) is 8.42 Å². The molecule has 1 heterocycles. The van der Waals surface area contributed by atoms with Crippen molar-refractivity contribution in [1.29, 1.82) is 0 Å². The van der Waals surface area contributed by atoms with Crippen LogP contribution in [-0.2, 0) is 10.0 Å². The first-order valence-corrected chi connectivity index (χ1v) is 7.57. The molecule has 6 nitrogen and oxygen atoms in total. The quantitative estimate of drug-likeness (QED) is 0.590. The van der Waals surface area contributed by atoms with E-state index in [0.29, 0.717) is 5.82 Å². The first kappa shape index (κ1) is 14.9. The van der Waals surface area contributed by atoms with Crippen molar-refractivity contribution in [1.82, 2.24) is 4.98 Å². The van der Waals surface area contributed by atoms with Gasteiger partial charge in [-0.15, -0.1) is 0 Å². The Morgan fingerprint density at radius 3 is 2.25 bits per heavy atom. The van der Waals surface area contributed by atoms with Crippen LogP contribution in [0.2, 0.25) is 10.0 Å². The number of nitrogens with zero attached hydrogens (tertiary/aromatic N) is 1. The zero-order chi connectivity index (χ0) is 14.8. The molecule has 1 aromatic carbocycles. The maximum atomic E-state index is 12.2. The Balaban J connectivity index is 2.35. The molecule has 20 heavy (non-hydrogen) atoms. The number of hydrogen-bond acceptors (Lipinski definition) is 5. The Morgan fingerprint density at radius 1 is 1.10 bits per heavy atom. The van der Waals surface area contributed by atoms with E-state index in [2.05, 4.69) is 15.1 Å². The van der Waals surface area contributed by atoms with E-state index < -0.39 is 10.0 Å². The SMILES string of the molecule is NNc1ccc(S(=O)(=O)Nc2c(Cl)cccc2Cl)cn1. The molecule has 0 unspecified atom stereocenters. The number of aromatic nitrogens is 1. The third-order valence-corrected chi connectivity index (χ3v) is 4.36. The molecular formula is C11H10Cl2N4O2S. The Morgan fingerprint density at radius 2 is 1.75 bits per heavy atom. The molecule has 2 rings (SSSR count). The number of benzene rings is 1. The van der Waals surface area contributed by atoms with E-state index in [-0.39, 0.29) is 20.6 Å². The van der Waals surface area contributed by atoms with Crippen molar-refractivity contribution in [2.75, 3.05) is 10.1 Å². The number of hydrogen-bond donors (Lipinski definition) is 3. The van der Waals surface area contributed by atoms with Gasteiger partial charge in [-0.2, -0.15) is 0 Å². The first-order chi connectivity index (χ1) is 9.44. The van der Waals surface area contributed by atoms with Crippen molar-refractivity contribution >= 4 is 44.7 Å². The van der Waals surface area contributed by atoms with Crippen molar-refractivity contribution in [3.8, 4) is 0 Å². The van der Waals surface area contributed by atoms with Gasteiger partial charge in [0.15, 0.2) is 0 Å². The molecule has 0 aliphatic rings. The van der Waals surface area contributed by atoms with Crippen LogP contribution < -0.4 is 16.0 Å². The average Bonchev–Trinajstić information content (AvgIpc) is 2.43. The summed E-state index contributed by atoms with van der Waals surface area (Å²) >= 11 is 11.8. The number of anilines is 2. The molecule has 0 amide bonds. The molecule has 0 fully saturated rings. The average molecular weight is 333 g/mol. The van der Waals surface area contributed by atoms with Crippen LogP contribution in [0.3, 0.4) is 0 Å². The number of para-hydroxylation sites is 1. The second-order valence-corrected chi connectivity index (χ2v) is 6.22. The second kappa shape index (κ2) is 5.84. The van der Waals surface area contributed by atoms with Gasteiger partial charge in [-0.05, 0) is 24.3 Å². The summed E-state index contributed by atoms with van der Waals surface area (Å²) in [6.45, 7) is 0. The molecule has 1 aromatic heterocycles. The second-order valence-electron chi connectivity index (χ2n) is 3.73. The van der Waals surface area contributed by atoms with Gasteiger partial charge in [0.2, 0.25) is 0 Å². The van der Waals surface area contributed by atoms with E-state index in [1.165, 1.54) is 30.5 Å². The minimum absolute atomic E-state index is 0.0347. The van der Waals surface area contributed by atoms with Gasteiger partial charge < -0.3 is 5.43 Å². The maximum Gasteiger partial charge on any atom is 0.263 e. The van der Waals surface area contributed by atoms with Crippen molar-refractivity contribution < 1.29 is 8.42 Å². The molecule has 0 spiro atoms. The van der Waals surface area contributed by atoms with E-state index in [4.69, 9.17) is 29.0 Å². The highest BCUT2D eigenvalue weighted by Gasteiger charge is 2.18. The lowest BCUT2D eigenvalue weighted by Gasteiger charge is -2.11. The molecule has 2 aromatic rings. The van der Waals surface area contributed by atoms with Gasteiger partial charge in [0, 0.05) is 6.20 Å². The number of nitrogens with one attached hydrogen (secondary N) is 2. The molecule has 0 aliphatic heterocycles. The van der Waals surface area contributed by atoms with Crippen LogP contribution in [0.15, 0.2) is 41.4 Å². The molecule has 0 bridgehead atoms. The Labute approximate surface area is 125 Å². The van der Waals surface area contributed by atoms with Gasteiger partial charge in [0.1, 0.15) is 10.7 Å². The van der Waals surface area contributed by atoms with Crippen LogP contribution in [0.4, 0.5) is 11.5 Å². The molecule has 0 atom stereocenters. The summed E-state index contributed by atoms with van der Waals surface area (Å²) in [5.41, 5.74) is 2.43. The maximum absolute atomic E-state index is 12.2. The van der Waals surface area contributed by atoms with Crippen LogP contribution in [0.1, 0.15) is 0 Å². The number of nitrogen functional groups attached to an aromatic ring is 1. The number of halogens is 2. The Kier molecular flexibility index (Phi) is 4.34. The summed E-state index contributed by atoms with van der Waals surface area (Å²) in [4.78, 5) is 3.79. The Bertz CT molecular complexity index is 699. The van der Waals surface area contributed by atoms with E-state index >= 15 is 0 Å². The van der Waals surface area contributed by atoms with E-state index in [1.54, 1.807) is 6.07 Å². The van der Waals surface area contributed by atoms with Crippen molar-refractivity contribution in [2.24, 2.45) is 5.84 Å². The number of pyridine rings is 1. The topological polar surface area (TPSA) is 97.1 Å². The molecule has 4 N–H and O–H groups in total. The summed E-state index contributed by atoms with van der Waals surface area (Å²) in [5, 5.41) is 0.406. The smallest absolute Gasteiger partial charge is 0.263 e. The fourth-order valence-corrected chi connectivity index (χ4v) is 3.06. The van der Waals surface area contributed by atoms with Crippen molar-refractivity contribution in [3.63, 3.8) is 0 Å². The summed E-state index contributed by atoms with van der Waals surface area (Å²) < 4.78 is 26.7. The molecule has 9 heteroatoms. The molecule has 0 aliphatic carbocycles. The fraction of sp³-hybridized carbons (Fsp3) is 0. The van der Waals surface area contributed by atoms with Crippen LogP contribution >= 0.6 is 23.2 Å². The normalized spacial score (nSPS) is 11.2. The van der Waals surface area contributed by atoms with Gasteiger partial charge in [-0.1, -0.05) is 29.3 Å². The number of hydrazine groups is 1. The lowest BCUT2D eigenvalue weighted by Crippen LogP contribution is -2.15. The number of sulfonamides is 1. The van der Waals surface area contributed by atoms with Gasteiger partial charge in [-0.3, -0.25) is 4.72 Å². The van der Waals surface area contributed by atoms with Crippen molar-refractivity contribution in [2.45, 2.75) is 4.90 Å². The Hall–Kier alpha value is -1.54. The highest BCUT2D eigenvalue weighted by Crippen LogP contribution is 2.31. The van der Waals surface area contributed by atoms with Gasteiger partial charge in [0.05, 0.1) is 15.7 Å². The van der Waals surface area contributed by atoms with Crippen LogP contribution in [0.5, 0.6) is 0 Å². The zero-order valence-electron chi connectivity index (χ0n) is 9.97. The van der Waals surface area contributed by atoms with Crippen LogP contribution in [0.25, 0.3) is 0 Å². The minimum Gasteiger partial charge on any atom is -0.308 e.